The van der Waals surface area contributed by atoms with E-state index in [1.54, 1.807) is 56.7 Å². The molecule has 1 atom stereocenters. The van der Waals surface area contributed by atoms with Crippen LogP contribution in [0.5, 0.6) is 11.5 Å². The fraction of sp³-hybridized carbons (Fsp3) is 0.304. The van der Waals surface area contributed by atoms with Gasteiger partial charge in [-0.15, -0.1) is 0 Å². The lowest BCUT2D eigenvalue weighted by molar-refractivity contribution is -0.111. The largest absolute Gasteiger partial charge is 0.493 e. The second-order valence-corrected chi connectivity index (χ2v) is 6.83. The minimum Gasteiger partial charge on any atom is -0.493 e. The van der Waals surface area contributed by atoms with Crippen molar-refractivity contribution in [1.29, 1.82) is 0 Å². The van der Waals surface area contributed by atoms with Gasteiger partial charge in [0.25, 0.3) is 5.91 Å². The van der Waals surface area contributed by atoms with E-state index in [1.165, 1.54) is 6.08 Å². The molecule has 0 bridgehead atoms. The van der Waals surface area contributed by atoms with Crippen LogP contribution in [-0.4, -0.2) is 45.3 Å². The second-order valence-electron chi connectivity index (χ2n) is 6.83. The lowest BCUT2D eigenvalue weighted by Gasteiger charge is -2.13. The highest BCUT2D eigenvalue weighted by Gasteiger charge is 2.18. The number of amides is 2. The molecule has 1 aliphatic heterocycles. The van der Waals surface area contributed by atoms with E-state index in [2.05, 4.69) is 10.6 Å². The third-order valence-corrected chi connectivity index (χ3v) is 4.78. The summed E-state index contributed by atoms with van der Waals surface area (Å²) < 4.78 is 16.0. The first-order valence-electron chi connectivity index (χ1n) is 9.80. The molecule has 0 unspecified atom stereocenters. The number of carbonyl (C=O) groups excluding carboxylic acids is 2. The predicted octanol–water partition coefficient (Wildman–Crippen LogP) is 3.26. The quantitative estimate of drug-likeness (QED) is 0.653. The molecule has 30 heavy (non-hydrogen) atoms. The van der Waals surface area contributed by atoms with E-state index in [9.17, 15) is 9.59 Å². The monoisotopic (exact) mass is 410 g/mol. The molecule has 0 radical (unpaired) electrons. The van der Waals surface area contributed by atoms with Gasteiger partial charge in [-0.25, -0.2) is 0 Å². The summed E-state index contributed by atoms with van der Waals surface area (Å²) in [7, 11) is 3.12. The fourth-order valence-electron chi connectivity index (χ4n) is 3.20. The van der Waals surface area contributed by atoms with Crippen LogP contribution in [0.3, 0.4) is 0 Å². The maximum Gasteiger partial charge on any atom is 0.253 e. The molecule has 1 fully saturated rings. The van der Waals surface area contributed by atoms with Gasteiger partial charge in [0.2, 0.25) is 5.91 Å². The first-order valence-corrected chi connectivity index (χ1v) is 9.80. The van der Waals surface area contributed by atoms with Crippen molar-refractivity contribution < 1.29 is 23.8 Å². The molecule has 3 rings (SSSR count). The van der Waals surface area contributed by atoms with E-state index in [-0.39, 0.29) is 17.9 Å². The molecule has 7 nitrogen and oxygen atoms in total. The minimum atomic E-state index is -0.343. The van der Waals surface area contributed by atoms with E-state index in [4.69, 9.17) is 14.2 Å². The van der Waals surface area contributed by atoms with Gasteiger partial charge in [0.05, 0.1) is 31.6 Å². The van der Waals surface area contributed by atoms with Crippen LogP contribution < -0.4 is 20.1 Å². The number of carbonyl (C=O) groups is 2. The molecule has 158 valence electrons. The van der Waals surface area contributed by atoms with Crippen LogP contribution in [0.25, 0.3) is 6.08 Å². The Morgan fingerprint density at radius 1 is 1.13 bits per heavy atom. The molecule has 0 aromatic heterocycles. The molecule has 7 heteroatoms. The average Bonchev–Trinajstić information content (AvgIpc) is 3.30. The van der Waals surface area contributed by atoms with Gasteiger partial charge in [-0.3, -0.25) is 9.59 Å². The molecular weight excluding hydrogens is 384 g/mol. The van der Waals surface area contributed by atoms with Crippen molar-refractivity contribution in [1.82, 2.24) is 5.32 Å². The number of anilines is 1. The van der Waals surface area contributed by atoms with Crippen molar-refractivity contribution in [3.8, 4) is 11.5 Å². The third-order valence-electron chi connectivity index (χ3n) is 4.78. The Hall–Kier alpha value is -3.32. The van der Waals surface area contributed by atoms with Gasteiger partial charge in [0, 0.05) is 19.2 Å². The predicted molar refractivity (Wildman–Crippen MR) is 115 cm³/mol. The van der Waals surface area contributed by atoms with Crippen molar-refractivity contribution >= 4 is 23.6 Å². The summed E-state index contributed by atoms with van der Waals surface area (Å²) in [6.45, 7) is 1.19. The Morgan fingerprint density at radius 3 is 2.67 bits per heavy atom. The zero-order chi connectivity index (χ0) is 21.3. The van der Waals surface area contributed by atoms with E-state index in [1.807, 2.05) is 6.07 Å². The molecule has 0 saturated carbocycles. The number of hydrogen-bond donors (Lipinski definition) is 2. The lowest BCUT2D eigenvalue weighted by atomic mass is 10.1. The smallest absolute Gasteiger partial charge is 0.253 e. The summed E-state index contributed by atoms with van der Waals surface area (Å²) in [5, 5.41) is 5.64. The molecule has 1 aliphatic rings. The highest BCUT2D eigenvalue weighted by molar-refractivity contribution is 6.07. The Bertz CT molecular complexity index is 920. The van der Waals surface area contributed by atoms with Gasteiger partial charge in [-0.2, -0.15) is 0 Å². The zero-order valence-corrected chi connectivity index (χ0v) is 17.1. The average molecular weight is 410 g/mol. The summed E-state index contributed by atoms with van der Waals surface area (Å²) in [6, 6.07) is 12.3. The maximum atomic E-state index is 12.6. The fourth-order valence-corrected chi connectivity index (χ4v) is 3.20. The summed E-state index contributed by atoms with van der Waals surface area (Å²) in [4.78, 5) is 25.0. The van der Waals surface area contributed by atoms with E-state index >= 15 is 0 Å². The van der Waals surface area contributed by atoms with Crippen molar-refractivity contribution in [2.45, 2.75) is 18.9 Å². The van der Waals surface area contributed by atoms with E-state index in [0.717, 1.165) is 25.0 Å². The van der Waals surface area contributed by atoms with Crippen molar-refractivity contribution in [2.24, 2.45) is 0 Å². The van der Waals surface area contributed by atoms with Crippen molar-refractivity contribution in [2.75, 3.05) is 32.7 Å². The van der Waals surface area contributed by atoms with Gasteiger partial charge in [-0.05, 0) is 48.7 Å². The van der Waals surface area contributed by atoms with Gasteiger partial charge in [0.1, 0.15) is 0 Å². The molecule has 0 spiro atoms. The summed E-state index contributed by atoms with van der Waals surface area (Å²) in [5.41, 5.74) is 1.64. The highest BCUT2D eigenvalue weighted by atomic mass is 16.5. The SMILES string of the molecule is COc1ccc(/C=C/C(=O)Nc2ccccc2C(=O)NC[C@H]2CCCO2)cc1OC. The lowest BCUT2D eigenvalue weighted by Crippen LogP contribution is -2.32. The summed E-state index contributed by atoms with van der Waals surface area (Å²) in [6.07, 6.45) is 5.08. The van der Waals surface area contributed by atoms with Crippen molar-refractivity contribution in [3.05, 3.63) is 59.7 Å². The number of rotatable bonds is 8. The summed E-state index contributed by atoms with van der Waals surface area (Å²) >= 11 is 0. The molecule has 2 aromatic rings. The van der Waals surface area contributed by atoms with Crippen LogP contribution in [0.4, 0.5) is 5.69 Å². The van der Waals surface area contributed by atoms with Gasteiger partial charge in [-0.1, -0.05) is 18.2 Å². The summed E-state index contributed by atoms with van der Waals surface area (Å²) in [5.74, 6) is 0.602. The van der Waals surface area contributed by atoms with Crippen LogP contribution in [-0.2, 0) is 9.53 Å². The van der Waals surface area contributed by atoms with Crippen LogP contribution in [0, 0.1) is 0 Å². The second kappa shape index (κ2) is 10.5. The zero-order valence-electron chi connectivity index (χ0n) is 17.1. The van der Waals surface area contributed by atoms with Crippen LogP contribution in [0.2, 0.25) is 0 Å². The maximum absolute atomic E-state index is 12.6. The number of hydrogen-bond acceptors (Lipinski definition) is 5. The first-order chi connectivity index (χ1) is 14.6. The number of nitrogens with one attached hydrogen (secondary N) is 2. The molecule has 0 aliphatic carbocycles. The van der Waals surface area contributed by atoms with Crippen LogP contribution in [0.1, 0.15) is 28.8 Å². The minimum absolute atomic E-state index is 0.0557. The highest BCUT2D eigenvalue weighted by Crippen LogP contribution is 2.28. The Morgan fingerprint density at radius 2 is 1.93 bits per heavy atom. The van der Waals surface area contributed by atoms with E-state index < -0.39 is 0 Å². The first kappa shape index (κ1) is 21.4. The Balaban J connectivity index is 1.63. The van der Waals surface area contributed by atoms with Gasteiger partial charge in [0.15, 0.2) is 11.5 Å². The number of ether oxygens (including phenoxy) is 3. The molecule has 2 N–H and O–H groups in total. The van der Waals surface area contributed by atoms with Crippen molar-refractivity contribution in [3.63, 3.8) is 0 Å². The number of benzene rings is 2. The van der Waals surface area contributed by atoms with Gasteiger partial charge >= 0.3 is 0 Å². The Kier molecular flexibility index (Phi) is 7.45. The Labute approximate surface area is 176 Å². The van der Waals surface area contributed by atoms with Crippen LogP contribution >= 0.6 is 0 Å². The topological polar surface area (TPSA) is 85.9 Å². The number of methoxy groups -OCH3 is 2. The van der Waals surface area contributed by atoms with Crippen LogP contribution in [0.15, 0.2) is 48.5 Å². The van der Waals surface area contributed by atoms with Gasteiger partial charge < -0.3 is 24.8 Å². The molecule has 2 aromatic carbocycles. The van der Waals surface area contributed by atoms with E-state index in [0.29, 0.717) is 29.3 Å². The molecule has 2 amide bonds. The molecule has 1 saturated heterocycles. The normalized spacial score (nSPS) is 15.7. The molecule has 1 heterocycles. The molecular formula is C23H26N2O5. The number of para-hydroxylation sites is 1. The standard InChI is InChI=1S/C23H26N2O5/c1-28-20-11-9-16(14-21(20)29-2)10-12-22(26)25-19-8-4-3-7-18(19)23(27)24-15-17-6-5-13-30-17/h3-4,7-12,14,17H,5-6,13,15H2,1-2H3,(H,24,27)(H,25,26)/b12-10+/t17-/m1/s1. The third kappa shape index (κ3) is 5.61.